The van der Waals surface area contributed by atoms with Gasteiger partial charge in [-0.1, -0.05) is 35.5 Å². The number of amides is 1. The standard InChI is InChI=1S/C20H15ClF4N4OS/c1-10-3-5-13(11(2)7-10)20(24,25)9-26-17(30)16-18(28-29-19(21)27-16)31-15-8-12(22)4-6-14(15)23/h3-8H,9H2,1-2H3,(H,26,30). The summed E-state index contributed by atoms with van der Waals surface area (Å²) in [6.45, 7) is 2.31. The van der Waals surface area contributed by atoms with E-state index < -0.39 is 41.0 Å². The number of benzene rings is 2. The molecule has 1 amide bonds. The first-order chi connectivity index (χ1) is 14.6. The molecule has 1 aromatic heterocycles. The second-order valence-corrected chi connectivity index (χ2v) is 7.99. The van der Waals surface area contributed by atoms with E-state index in [-0.39, 0.29) is 15.5 Å². The number of hydrogen-bond acceptors (Lipinski definition) is 5. The average Bonchev–Trinajstić information content (AvgIpc) is 2.70. The molecule has 0 fully saturated rings. The van der Waals surface area contributed by atoms with Crippen LogP contribution in [0.5, 0.6) is 0 Å². The van der Waals surface area contributed by atoms with Gasteiger partial charge in [-0.2, -0.15) is 8.78 Å². The van der Waals surface area contributed by atoms with E-state index in [4.69, 9.17) is 11.6 Å². The van der Waals surface area contributed by atoms with Crippen LogP contribution in [0.1, 0.15) is 27.2 Å². The van der Waals surface area contributed by atoms with Crippen molar-refractivity contribution in [2.75, 3.05) is 6.54 Å². The molecule has 0 aliphatic heterocycles. The van der Waals surface area contributed by atoms with E-state index in [1.165, 1.54) is 6.07 Å². The summed E-state index contributed by atoms with van der Waals surface area (Å²) in [6.07, 6.45) is 0. The molecule has 0 saturated carbocycles. The quantitative estimate of drug-likeness (QED) is 0.508. The van der Waals surface area contributed by atoms with Gasteiger partial charge >= 0.3 is 0 Å². The van der Waals surface area contributed by atoms with Crippen LogP contribution in [0.15, 0.2) is 46.3 Å². The molecule has 0 radical (unpaired) electrons. The molecule has 1 N–H and O–H groups in total. The van der Waals surface area contributed by atoms with Crippen molar-refractivity contribution in [3.63, 3.8) is 0 Å². The molecular weight excluding hydrogens is 456 g/mol. The Labute approximate surface area is 184 Å². The van der Waals surface area contributed by atoms with Gasteiger partial charge in [0.2, 0.25) is 5.28 Å². The van der Waals surface area contributed by atoms with Crippen molar-refractivity contribution in [1.29, 1.82) is 0 Å². The number of carbonyl (C=O) groups excluding carboxylic acids is 1. The molecule has 162 valence electrons. The van der Waals surface area contributed by atoms with Crippen molar-refractivity contribution in [1.82, 2.24) is 20.5 Å². The number of aromatic nitrogens is 3. The van der Waals surface area contributed by atoms with Crippen LogP contribution >= 0.6 is 23.4 Å². The SMILES string of the molecule is Cc1ccc(C(F)(F)CNC(=O)c2nc(Cl)nnc2Sc2cc(F)ccc2F)c(C)c1. The molecule has 5 nitrogen and oxygen atoms in total. The van der Waals surface area contributed by atoms with Gasteiger partial charge < -0.3 is 5.32 Å². The summed E-state index contributed by atoms with van der Waals surface area (Å²) in [7, 11) is 0. The number of rotatable bonds is 6. The maximum Gasteiger partial charge on any atom is 0.290 e. The van der Waals surface area contributed by atoms with Crippen LogP contribution in [0.2, 0.25) is 5.28 Å². The minimum absolute atomic E-state index is 0.187. The van der Waals surface area contributed by atoms with E-state index in [1.807, 2.05) is 0 Å². The maximum atomic E-state index is 14.7. The highest BCUT2D eigenvalue weighted by Gasteiger charge is 2.34. The van der Waals surface area contributed by atoms with E-state index in [2.05, 4.69) is 20.5 Å². The first-order valence-electron chi connectivity index (χ1n) is 8.83. The highest BCUT2D eigenvalue weighted by atomic mass is 35.5. The average molecular weight is 471 g/mol. The second kappa shape index (κ2) is 9.19. The Bertz CT molecular complexity index is 1150. The fraction of sp³-hybridized carbons (Fsp3) is 0.200. The molecule has 1 heterocycles. The summed E-state index contributed by atoms with van der Waals surface area (Å²) in [6, 6.07) is 7.18. The molecule has 3 rings (SSSR count). The molecule has 11 heteroatoms. The van der Waals surface area contributed by atoms with Crippen LogP contribution in [-0.2, 0) is 5.92 Å². The van der Waals surface area contributed by atoms with Crippen molar-refractivity contribution in [2.24, 2.45) is 0 Å². The third-order valence-corrected chi connectivity index (χ3v) is 5.35. The molecule has 3 aromatic rings. The number of nitrogens with zero attached hydrogens (tertiary/aromatic N) is 3. The summed E-state index contributed by atoms with van der Waals surface area (Å²) in [5.41, 5.74) is 0.539. The topological polar surface area (TPSA) is 67.8 Å². The normalized spacial score (nSPS) is 11.5. The van der Waals surface area contributed by atoms with Crippen molar-refractivity contribution in [2.45, 2.75) is 29.7 Å². The van der Waals surface area contributed by atoms with Gasteiger partial charge in [0.25, 0.3) is 11.8 Å². The summed E-state index contributed by atoms with van der Waals surface area (Å²) in [5.74, 6) is -5.85. The lowest BCUT2D eigenvalue weighted by Crippen LogP contribution is -2.36. The van der Waals surface area contributed by atoms with Gasteiger partial charge in [-0.25, -0.2) is 13.8 Å². The number of halogens is 5. The lowest BCUT2D eigenvalue weighted by molar-refractivity contribution is -0.00316. The Kier molecular flexibility index (Phi) is 6.80. The molecule has 0 saturated heterocycles. The van der Waals surface area contributed by atoms with Gasteiger partial charge in [0.05, 0.1) is 11.4 Å². The molecule has 0 spiro atoms. The first kappa shape index (κ1) is 23.0. The van der Waals surface area contributed by atoms with Crippen LogP contribution < -0.4 is 5.32 Å². The van der Waals surface area contributed by atoms with Gasteiger partial charge in [-0.15, -0.1) is 10.2 Å². The Morgan fingerprint density at radius 3 is 2.58 bits per heavy atom. The smallest absolute Gasteiger partial charge is 0.290 e. The molecule has 0 bridgehead atoms. The van der Waals surface area contributed by atoms with E-state index in [1.54, 1.807) is 26.0 Å². The Morgan fingerprint density at radius 2 is 1.87 bits per heavy atom. The Morgan fingerprint density at radius 1 is 1.13 bits per heavy atom. The number of hydrogen-bond donors (Lipinski definition) is 1. The third kappa shape index (κ3) is 5.50. The zero-order valence-electron chi connectivity index (χ0n) is 16.2. The molecule has 0 unspecified atom stereocenters. The highest BCUT2D eigenvalue weighted by molar-refractivity contribution is 7.99. The lowest BCUT2D eigenvalue weighted by Gasteiger charge is -2.20. The van der Waals surface area contributed by atoms with Crippen molar-refractivity contribution in [3.05, 3.63) is 75.7 Å². The van der Waals surface area contributed by atoms with Crippen LogP contribution in [-0.4, -0.2) is 27.6 Å². The number of carbonyl (C=O) groups is 1. The van der Waals surface area contributed by atoms with Crippen LogP contribution in [0.4, 0.5) is 17.6 Å². The maximum absolute atomic E-state index is 14.7. The van der Waals surface area contributed by atoms with Crippen LogP contribution in [0.25, 0.3) is 0 Å². The van der Waals surface area contributed by atoms with Gasteiger partial charge in [0.1, 0.15) is 11.6 Å². The van der Waals surface area contributed by atoms with Gasteiger partial charge in [-0.05, 0) is 49.2 Å². The molecule has 31 heavy (non-hydrogen) atoms. The summed E-state index contributed by atoms with van der Waals surface area (Å²) in [4.78, 5) is 16.1. The Hall–Kier alpha value is -2.72. The van der Waals surface area contributed by atoms with Gasteiger partial charge in [0, 0.05) is 5.56 Å². The third-order valence-electron chi connectivity index (χ3n) is 4.19. The second-order valence-electron chi connectivity index (χ2n) is 6.62. The fourth-order valence-electron chi connectivity index (χ4n) is 2.77. The highest BCUT2D eigenvalue weighted by Crippen LogP contribution is 2.32. The summed E-state index contributed by atoms with van der Waals surface area (Å²) in [5, 5.41) is 8.63. The molecular formula is C20H15ClF4N4OS. The van der Waals surface area contributed by atoms with E-state index in [9.17, 15) is 22.4 Å². The van der Waals surface area contributed by atoms with Crippen molar-refractivity contribution >= 4 is 29.3 Å². The predicted octanol–water partition coefficient (Wildman–Crippen LogP) is 5.09. The molecule has 2 aromatic carbocycles. The number of nitrogens with one attached hydrogen (secondary N) is 1. The fourth-order valence-corrected chi connectivity index (χ4v) is 3.75. The van der Waals surface area contributed by atoms with Crippen molar-refractivity contribution < 1.29 is 22.4 Å². The van der Waals surface area contributed by atoms with Gasteiger partial charge in [-0.3, -0.25) is 4.79 Å². The monoisotopic (exact) mass is 470 g/mol. The van der Waals surface area contributed by atoms with Crippen LogP contribution in [0, 0.1) is 25.5 Å². The summed E-state index contributed by atoms with van der Waals surface area (Å²) >= 11 is 6.25. The number of alkyl halides is 2. The zero-order chi connectivity index (χ0) is 22.8. The molecule has 0 atom stereocenters. The predicted molar refractivity (Wildman–Crippen MR) is 107 cm³/mol. The van der Waals surface area contributed by atoms with E-state index in [0.717, 1.165) is 23.8 Å². The minimum Gasteiger partial charge on any atom is -0.344 e. The molecule has 0 aliphatic carbocycles. The van der Waals surface area contributed by atoms with Gasteiger partial charge in [0.15, 0.2) is 10.7 Å². The van der Waals surface area contributed by atoms with Crippen molar-refractivity contribution in [3.8, 4) is 0 Å². The largest absolute Gasteiger partial charge is 0.344 e. The van der Waals surface area contributed by atoms with E-state index in [0.29, 0.717) is 17.3 Å². The zero-order valence-corrected chi connectivity index (χ0v) is 17.8. The first-order valence-corrected chi connectivity index (χ1v) is 10.0. The summed E-state index contributed by atoms with van der Waals surface area (Å²) < 4.78 is 56.7. The Balaban J connectivity index is 1.83. The number of aryl methyl sites for hydroxylation is 2. The van der Waals surface area contributed by atoms with E-state index >= 15 is 0 Å². The lowest BCUT2D eigenvalue weighted by atomic mass is 10.0. The minimum atomic E-state index is -3.36. The molecule has 0 aliphatic rings. The van der Waals surface area contributed by atoms with Crippen LogP contribution in [0.3, 0.4) is 0 Å².